The van der Waals surface area contributed by atoms with E-state index in [1.54, 1.807) is 12.4 Å². The highest BCUT2D eigenvalue weighted by molar-refractivity contribution is 7.59. The van der Waals surface area contributed by atoms with Crippen LogP contribution in [0.15, 0.2) is 30.7 Å². The van der Waals surface area contributed by atoms with Crippen molar-refractivity contribution in [2.45, 2.75) is 52.4 Å². The molecule has 35 heavy (non-hydrogen) atoms. The van der Waals surface area contributed by atoms with Gasteiger partial charge in [-0.1, -0.05) is 13.8 Å². The van der Waals surface area contributed by atoms with E-state index < -0.39 is 11.7 Å². The Hall–Kier alpha value is -3.15. The van der Waals surface area contributed by atoms with E-state index in [0.717, 1.165) is 11.6 Å². The summed E-state index contributed by atoms with van der Waals surface area (Å²) < 4.78 is 41.1. The summed E-state index contributed by atoms with van der Waals surface area (Å²) in [5.74, 6) is 1.35. The molecule has 0 fully saturated rings. The molecule has 0 radical (unpaired) electrons. The molecule has 8 nitrogen and oxygen atoms in total. The summed E-state index contributed by atoms with van der Waals surface area (Å²) in [6.45, 7) is 5.73. The van der Waals surface area contributed by atoms with Crippen LogP contribution in [0.2, 0.25) is 0 Å². The van der Waals surface area contributed by atoms with Crippen molar-refractivity contribution in [1.29, 1.82) is 0 Å². The molecule has 1 amide bonds. The molecular weight excluding hydrogens is 479 g/mol. The van der Waals surface area contributed by atoms with Gasteiger partial charge in [0.1, 0.15) is 17.6 Å². The van der Waals surface area contributed by atoms with E-state index in [4.69, 9.17) is 0 Å². The summed E-state index contributed by atoms with van der Waals surface area (Å²) in [5, 5.41) is 7.12. The molecule has 0 spiro atoms. The number of carbonyl (C=O) groups excluding carboxylic acids is 1. The van der Waals surface area contributed by atoms with Gasteiger partial charge in [0.25, 0.3) is 0 Å². The molecule has 4 rings (SSSR count). The zero-order valence-corrected chi connectivity index (χ0v) is 20.9. The van der Waals surface area contributed by atoms with Crippen molar-refractivity contribution in [2.24, 2.45) is 5.92 Å². The van der Waals surface area contributed by atoms with Crippen LogP contribution in [0, 0.1) is 12.8 Å². The predicted molar refractivity (Wildman–Crippen MR) is 131 cm³/mol. The van der Waals surface area contributed by atoms with E-state index in [1.165, 1.54) is 16.9 Å². The average molecular weight is 508 g/mol. The number of nitrogens with one attached hydrogen (secondary N) is 1. The van der Waals surface area contributed by atoms with Crippen molar-refractivity contribution in [1.82, 2.24) is 24.7 Å². The number of aryl methyl sites for hydroxylation is 3. The summed E-state index contributed by atoms with van der Waals surface area (Å²) in [5.41, 5.74) is 1.32. The Morgan fingerprint density at radius 1 is 1.20 bits per heavy atom. The maximum absolute atomic E-state index is 13.2. The average Bonchev–Trinajstić information content (AvgIpc) is 3.20. The Morgan fingerprint density at radius 2 is 1.94 bits per heavy atom. The highest BCUT2D eigenvalue weighted by Crippen LogP contribution is 2.33. The van der Waals surface area contributed by atoms with Gasteiger partial charge in [0.05, 0.1) is 29.7 Å². The third-order valence-electron chi connectivity index (χ3n) is 5.85. The summed E-state index contributed by atoms with van der Waals surface area (Å²) in [7, 11) is 1.86. The third kappa shape index (κ3) is 5.58. The number of halogens is 3. The predicted octanol–water partition coefficient (Wildman–Crippen LogP) is 3.75. The van der Waals surface area contributed by atoms with Crippen LogP contribution >= 0.6 is 13.5 Å². The number of hydrogen-bond donors (Lipinski definition) is 1. The topological polar surface area (TPSA) is 88.8 Å². The van der Waals surface area contributed by atoms with Crippen molar-refractivity contribution in [3.8, 4) is 0 Å². The Labute approximate surface area is 208 Å². The molecule has 1 aliphatic heterocycles. The second-order valence-corrected chi connectivity index (χ2v) is 8.75. The first-order valence-corrected chi connectivity index (χ1v) is 11.0. The summed E-state index contributed by atoms with van der Waals surface area (Å²) in [4.78, 5) is 27.5. The number of likely N-dealkylation sites (N-methyl/N-ethyl adjacent to an activating group) is 1. The van der Waals surface area contributed by atoms with E-state index in [-0.39, 0.29) is 43.6 Å². The highest BCUT2D eigenvalue weighted by atomic mass is 32.1. The van der Waals surface area contributed by atoms with Gasteiger partial charge < -0.3 is 10.2 Å². The molecule has 0 saturated heterocycles. The molecule has 0 aromatic carbocycles. The van der Waals surface area contributed by atoms with Crippen molar-refractivity contribution in [3.63, 3.8) is 0 Å². The van der Waals surface area contributed by atoms with Gasteiger partial charge in [0.2, 0.25) is 5.91 Å². The van der Waals surface area contributed by atoms with E-state index >= 15 is 0 Å². The van der Waals surface area contributed by atoms with Crippen molar-refractivity contribution in [3.05, 3.63) is 59.1 Å². The first-order chi connectivity index (χ1) is 16.0. The zero-order valence-electron chi connectivity index (χ0n) is 19.9. The lowest BCUT2D eigenvalue weighted by atomic mass is 9.99. The Kier molecular flexibility index (Phi) is 7.73. The molecule has 0 unspecified atom stereocenters. The van der Waals surface area contributed by atoms with E-state index in [2.05, 4.69) is 25.4 Å². The first-order valence-electron chi connectivity index (χ1n) is 11.0. The lowest BCUT2D eigenvalue weighted by Crippen LogP contribution is -2.49. The van der Waals surface area contributed by atoms with Gasteiger partial charge in [-0.25, -0.2) is 9.97 Å². The van der Waals surface area contributed by atoms with Crippen LogP contribution in [0.3, 0.4) is 0 Å². The lowest BCUT2D eigenvalue weighted by Gasteiger charge is -2.36. The van der Waals surface area contributed by atoms with Gasteiger partial charge in [-0.15, -0.1) is 0 Å². The SMILES string of the molecule is Cc1nc(CCc2cnn(Cc3ncccc3C(F)(F)F)c2)nc2c1NC(=O)[C@H](C(C)C)N2C.S. The Morgan fingerprint density at radius 3 is 2.63 bits per heavy atom. The number of aromatic nitrogens is 5. The maximum atomic E-state index is 13.2. The molecule has 3 aromatic heterocycles. The van der Waals surface area contributed by atoms with E-state index in [0.29, 0.717) is 35.9 Å². The summed E-state index contributed by atoms with van der Waals surface area (Å²) in [6.07, 6.45) is 1.29. The quantitative estimate of drug-likeness (QED) is 0.547. The van der Waals surface area contributed by atoms with Crippen LogP contribution in [0.5, 0.6) is 0 Å². The minimum atomic E-state index is -4.47. The Bertz CT molecular complexity index is 1210. The molecule has 1 aliphatic rings. The number of carbonyl (C=O) groups is 1. The minimum absolute atomic E-state index is 0. The zero-order chi connectivity index (χ0) is 24.6. The van der Waals surface area contributed by atoms with Crippen LogP contribution in [-0.4, -0.2) is 43.7 Å². The molecule has 0 bridgehead atoms. The van der Waals surface area contributed by atoms with Gasteiger partial charge in [-0.2, -0.15) is 31.8 Å². The molecule has 0 aliphatic carbocycles. The normalized spacial score (nSPS) is 15.6. The monoisotopic (exact) mass is 507 g/mol. The number of pyridine rings is 1. The van der Waals surface area contributed by atoms with Gasteiger partial charge in [-0.05, 0) is 37.0 Å². The number of amides is 1. The second kappa shape index (κ2) is 10.2. The number of hydrogen-bond acceptors (Lipinski definition) is 6. The van der Waals surface area contributed by atoms with E-state index in [9.17, 15) is 18.0 Å². The molecule has 0 saturated carbocycles. The van der Waals surface area contributed by atoms with Gasteiger partial charge >= 0.3 is 6.18 Å². The first kappa shape index (κ1) is 26.5. The van der Waals surface area contributed by atoms with Crippen LogP contribution < -0.4 is 10.2 Å². The van der Waals surface area contributed by atoms with Gasteiger partial charge in [0, 0.05) is 25.9 Å². The van der Waals surface area contributed by atoms with Crippen LogP contribution in [0.4, 0.5) is 24.7 Å². The molecule has 188 valence electrons. The Balaban J connectivity index is 0.00000342. The second-order valence-electron chi connectivity index (χ2n) is 8.75. The fourth-order valence-electron chi connectivity index (χ4n) is 4.24. The number of rotatable bonds is 6. The van der Waals surface area contributed by atoms with E-state index in [1.807, 2.05) is 32.7 Å². The molecule has 12 heteroatoms. The molecular formula is C23H28F3N7OS. The van der Waals surface area contributed by atoms with Crippen LogP contribution in [-0.2, 0) is 30.4 Å². The minimum Gasteiger partial charge on any atom is -0.346 e. The number of alkyl halides is 3. The number of fused-ring (bicyclic) bond motifs is 1. The summed E-state index contributed by atoms with van der Waals surface area (Å²) >= 11 is 0. The van der Waals surface area contributed by atoms with Gasteiger partial charge in [0.15, 0.2) is 5.82 Å². The molecule has 3 aromatic rings. The van der Waals surface area contributed by atoms with Crippen molar-refractivity contribution >= 4 is 30.9 Å². The van der Waals surface area contributed by atoms with Gasteiger partial charge in [-0.3, -0.25) is 14.5 Å². The number of nitrogens with zero attached hydrogens (tertiary/aromatic N) is 6. The standard InChI is InChI=1S/C23H26F3N7O.H2S/c1-13(2)20-22(34)31-19-14(3)29-18(30-21(19)32(20)4)8-7-15-10-28-33(11-15)12-17-16(23(24,25)26)6-5-9-27-17;/h5-6,9-11,13,20H,7-8,12H2,1-4H3,(H,31,34);1H2/t20-;/m0./s1. The largest absolute Gasteiger partial charge is 0.418 e. The van der Waals surface area contributed by atoms with Crippen molar-refractivity contribution in [2.75, 3.05) is 17.3 Å². The van der Waals surface area contributed by atoms with Crippen molar-refractivity contribution < 1.29 is 18.0 Å². The summed E-state index contributed by atoms with van der Waals surface area (Å²) in [6, 6.07) is 1.97. The molecule has 1 N–H and O–H groups in total. The van der Waals surface area contributed by atoms with Crippen LogP contribution in [0.25, 0.3) is 0 Å². The highest BCUT2D eigenvalue weighted by Gasteiger charge is 2.35. The molecule has 1 atom stereocenters. The third-order valence-corrected chi connectivity index (χ3v) is 5.85. The maximum Gasteiger partial charge on any atom is 0.418 e. The smallest absolute Gasteiger partial charge is 0.346 e. The number of anilines is 2. The molecule has 4 heterocycles. The fraction of sp³-hybridized carbons (Fsp3) is 0.435. The fourth-order valence-corrected chi connectivity index (χ4v) is 4.24. The lowest BCUT2D eigenvalue weighted by molar-refractivity contribution is -0.138. The van der Waals surface area contributed by atoms with Crippen LogP contribution in [0.1, 0.15) is 42.2 Å².